The van der Waals surface area contributed by atoms with Gasteiger partial charge in [0.2, 0.25) is 0 Å². The lowest BCUT2D eigenvalue weighted by Crippen LogP contribution is -2.28. The lowest BCUT2D eigenvalue weighted by Gasteiger charge is -2.26. The summed E-state index contributed by atoms with van der Waals surface area (Å²) in [7, 11) is 4.13. The van der Waals surface area contributed by atoms with E-state index in [0.29, 0.717) is 5.41 Å². The van der Waals surface area contributed by atoms with E-state index in [1.54, 1.807) is 0 Å². The fourth-order valence-corrected chi connectivity index (χ4v) is 2.00. The van der Waals surface area contributed by atoms with E-state index in [-0.39, 0.29) is 0 Å². The average molecular weight is 220 g/mol. The van der Waals surface area contributed by atoms with Crippen molar-refractivity contribution in [3.8, 4) is 0 Å². The van der Waals surface area contributed by atoms with Crippen LogP contribution in [0.4, 0.5) is 5.69 Å². The molecule has 0 atom stereocenters. The number of hydrogen-bond donors (Lipinski definition) is 1. The van der Waals surface area contributed by atoms with E-state index in [4.69, 9.17) is 0 Å². The molecule has 0 amide bonds. The number of hydrogen-bond acceptors (Lipinski definition) is 2. The van der Waals surface area contributed by atoms with Gasteiger partial charge in [-0.15, -0.1) is 0 Å². The second kappa shape index (κ2) is 5.35. The molecule has 0 radical (unpaired) electrons. The molecular weight excluding hydrogens is 196 g/mol. The van der Waals surface area contributed by atoms with Gasteiger partial charge in [0.15, 0.2) is 0 Å². The minimum absolute atomic E-state index is 0.357. The molecule has 2 heteroatoms. The lowest BCUT2D eigenvalue weighted by atomic mass is 9.96. The lowest BCUT2D eigenvalue weighted by molar-refractivity contribution is 0.221. The molecule has 90 valence electrons. The van der Waals surface area contributed by atoms with E-state index in [2.05, 4.69) is 62.3 Å². The number of nitrogens with zero attached hydrogens (tertiary/aromatic N) is 1. The molecule has 0 bridgehead atoms. The van der Waals surface area contributed by atoms with E-state index in [1.807, 2.05) is 7.05 Å². The maximum absolute atomic E-state index is 3.17. The van der Waals surface area contributed by atoms with Crippen molar-refractivity contribution in [2.24, 2.45) is 5.41 Å². The average Bonchev–Trinajstić information content (AvgIpc) is 2.15. The Morgan fingerprint density at radius 2 is 1.94 bits per heavy atom. The van der Waals surface area contributed by atoms with Crippen molar-refractivity contribution in [3.63, 3.8) is 0 Å². The molecule has 0 saturated carbocycles. The van der Waals surface area contributed by atoms with Gasteiger partial charge in [0.25, 0.3) is 0 Å². The highest BCUT2D eigenvalue weighted by Gasteiger charge is 2.13. The van der Waals surface area contributed by atoms with Crippen molar-refractivity contribution < 1.29 is 0 Å². The normalized spacial score (nSPS) is 11.9. The zero-order valence-corrected chi connectivity index (χ0v) is 11.2. The quantitative estimate of drug-likeness (QED) is 0.838. The first-order valence-corrected chi connectivity index (χ1v) is 5.86. The van der Waals surface area contributed by atoms with Gasteiger partial charge in [-0.3, -0.25) is 0 Å². The Labute approximate surface area is 99.7 Å². The molecule has 0 spiro atoms. The molecule has 0 aliphatic rings. The molecular formula is C14H24N2. The molecule has 0 saturated heterocycles. The summed E-state index contributed by atoms with van der Waals surface area (Å²) in [6, 6.07) is 8.58. The van der Waals surface area contributed by atoms with Crippen molar-refractivity contribution in [1.29, 1.82) is 0 Å². The predicted molar refractivity (Wildman–Crippen MR) is 71.8 cm³/mol. The first kappa shape index (κ1) is 13.0. The number of anilines is 1. The first-order chi connectivity index (χ1) is 7.40. The van der Waals surface area contributed by atoms with Gasteiger partial charge in [-0.25, -0.2) is 0 Å². The molecule has 0 fully saturated rings. The van der Waals surface area contributed by atoms with Crippen LogP contribution in [-0.2, 0) is 6.54 Å². The van der Waals surface area contributed by atoms with Crippen molar-refractivity contribution >= 4 is 5.69 Å². The van der Waals surface area contributed by atoms with Crippen LogP contribution in [0.5, 0.6) is 0 Å². The number of rotatable bonds is 4. The standard InChI is InChI=1S/C14H24N2/c1-14(2,3)11-16(5)10-12-7-6-8-13(9-12)15-4/h6-9,15H,10-11H2,1-5H3. The van der Waals surface area contributed by atoms with Gasteiger partial charge in [-0.05, 0) is 30.2 Å². The Bertz CT molecular complexity index is 326. The Morgan fingerprint density at radius 3 is 2.50 bits per heavy atom. The summed E-state index contributed by atoms with van der Waals surface area (Å²) in [6.07, 6.45) is 0. The van der Waals surface area contributed by atoms with Gasteiger partial charge in [-0.2, -0.15) is 0 Å². The van der Waals surface area contributed by atoms with E-state index in [1.165, 1.54) is 11.3 Å². The molecule has 0 aliphatic heterocycles. The SMILES string of the molecule is CNc1cccc(CN(C)CC(C)(C)C)c1. The van der Waals surface area contributed by atoms with Crippen molar-refractivity contribution in [1.82, 2.24) is 4.90 Å². The fourth-order valence-electron chi connectivity index (χ4n) is 2.00. The van der Waals surface area contributed by atoms with Crippen LogP contribution >= 0.6 is 0 Å². The fraction of sp³-hybridized carbons (Fsp3) is 0.571. The molecule has 1 rings (SSSR count). The Hall–Kier alpha value is -1.02. The van der Waals surface area contributed by atoms with Crippen LogP contribution in [0.3, 0.4) is 0 Å². The third-order valence-electron chi connectivity index (χ3n) is 2.41. The zero-order valence-electron chi connectivity index (χ0n) is 11.2. The Balaban J connectivity index is 2.59. The summed E-state index contributed by atoms with van der Waals surface area (Å²) < 4.78 is 0. The van der Waals surface area contributed by atoms with Crippen molar-refractivity contribution in [3.05, 3.63) is 29.8 Å². The van der Waals surface area contributed by atoms with Gasteiger partial charge < -0.3 is 10.2 Å². The molecule has 0 unspecified atom stereocenters. The monoisotopic (exact) mass is 220 g/mol. The van der Waals surface area contributed by atoms with E-state index < -0.39 is 0 Å². The second-order valence-corrected chi connectivity index (χ2v) is 5.68. The summed E-state index contributed by atoms with van der Waals surface area (Å²) in [6.45, 7) is 8.93. The van der Waals surface area contributed by atoms with Gasteiger partial charge in [0, 0.05) is 25.8 Å². The first-order valence-electron chi connectivity index (χ1n) is 5.86. The largest absolute Gasteiger partial charge is 0.388 e. The molecule has 0 aromatic heterocycles. The number of nitrogens with one attached hydrogen (secondary N) is 1. The minimum Gasteiger partial charge on any atom is -0.388 e. The summed E-state index contributed by atoms with van der Waals surface area (Å²) in [5.41, 5.74) is 2.90. The highest BCUT2D eigenvalue weighted by atomic mass is 15.1. The summed E-state index contributed by atoms with van der Waals surface area (Å²) in [5, 5.41) is 3.17. The Kier molecular flexibility index (Phi) is 4.36. The topological polar surface area (TPSA) is 15.3 Å². The molecule has 1 aromatic rings. The molecule has 1 aromatic carbocycles. The third kappa shape index (κ3) is 4.67. The van der Waals surface area contributed by atoms with Gasteiger partial charge in [-0.1, -0.05) is 32.9 Å². The van der Waals surface area contributed by atoms with Crippen LogP contribution in [0.25, 0.3) is 0 Å². The third-order valence-corrected chi connectivity index (χ3v) is 2.41. The van der Waals surface area contributed by atoms with Crippen molar-refractivity contribution in [2.45, 2.75) is 27.3 Å². The summed E-state index contributed by atoms with van der Waals surface area (Å²) in [4.78, 5) is 2.37. The van der Waals surface area contributed by atoms with Gasteiger partial charge in [0.05, 0.1) is 0 Å². The maximum Gasteiger partial charge on any atom is 0.0340 e. The van der Waals surface area contributed by atoms with Crippen LogP contribution in [-0.4, -0.2) is 25.5 Å². The smallest absolute Gasteiger partial charge is 0.0340 e. The molecule has 2 nitrogen and oxygen atoms in total. The summed E-state index contributed by atoms with van der Waals surface area (Å²) >= 11 is 0. The highest BCUT2D eigenvalue weighted by molar-refractivity contribution is 5.44. The van der Waals surface area contributed by atoms with Gasteiger partial charge in [0.1, 0.15) is 0 Å². The zero-order chi connectivity index (χ0) is 12.2. The van der Waals surface area contributed by atoms with Crippen LogP contribution in [0.2, 0.25) is 0 Å². The number of benzene rings is 1. The molecule has 16 heavy (non-hydrogen) atoms. The molecule has 0 aliphatic carbocycles. The van der Waals surface area contributed by atoms with Crippen LogP contribution < -0.4 is 5.32 Å². The van der Waals surface area contributed by atoms with E-state index in [9.17, 15) is 0 Å². The van der Waals surface area contributed by atoms with Crippen molar-refractivity contribution in [2.75, 3.05) is 26.0 Å². The van der Waals surface area contributed by atoms with Crippen LogP contribution in [0, 0.1) is 5.41 Å². The Morgan fingerprint density at radius 1 is 1.25 bits per heavy atom. The maximum atomic E-state index is 3.17. The highest BCUT2D eigenvalue weighted by Crippen LogP contribution is 2.17. The van der Waals surface area contributed by atoms with Gasteiger partial charge >= 0.3 is 0 Å². The second-order valence-electron chi connectivity index (χ2n) is 5.68. The summed E-state index contributed by atoms with van der Waals surface area (Å²) in [5.74, 6) is 0. The molecule has 0 heterocycles. The minimum atomic E-state index is 0.357. The van der Waals surface area contributed by atoms with E-state index in [0.717, 1.165) is 13.1 Å². The van der Waals surface area contributed by atoms with E-state index >= 15 is 0 Å². The predicted octanol–water partition coefficient (Wildman–Crippen LogP) is 3.21. The van der Waals surface area contributed by atoms with Crippen LogP contribution in [0.15, 0.2) is 24.3 Å². The van der Waals surface area contributed by atoms with Crippen LogP contribution in [0.1, 0.15) is 26.3 Å². The molecule has 1 N–H and O–H groups in total.